The Kier molecular flexibility index (Phi) is 4.87. The molecule has 2 amide bonds. The molecule has 1 saturated heterocycles. The van der Waals surface area contributed by atoms with Crippen LogP contribution in [0.5, 0.6) is 0 Å². The number of nitrogens with one attached hydrogen (secondary N) is 4. The van der Waals surface area contributed by atoms with Crippen molar-refractivity contribution in [2.24, 2.45) is 11.8 Å². The summed E-state index contributed by atoms with van der Waals surface area (Å²) in [7, 11) is 0. The molecular formula is C20H21FN4O2. The number of amides is 2. The number of hydrogen-bond acceptors (Lipinski definition) is 4. The zero-order chi connectivity index (χ0) is 18.8. The Morgan fingerprint density at radius 2 is 1.63 bits per heavy atom. The molecule has 2 unspecified atom stereocenters. The molecule has 6 nitrogen and oxygen atoms in total. The lowest BCUT2D eigenvalue weighted by Crippen LogP contribution is -2.29. The molecule has 1 aliphatic carbocycles. The largest absolute Gasteiger partial charge is 0.326 e. The number of rotatable bonds is 5. The van der Waals surface area contributed by atoms with Gasteiger partial charge in [-0.25, -0.2) is 9.82 Å². The van der Waals surface area contributed by atoms with Crippen LogP contribution >= 0.6 is 0 Å². The smallest absolute Gasteiger partial charge is 0.230 e. The third-order valence-electron chi connectivity index (χ3n) is 4.89. The third-order valence-corrected chi connectivity index (χ3v) is 4.89. The van der Waals surface area contributed by atoms with Gasteiger partial charge in [0.25, 0.3) is 0 Å². The summed E-state index contributed by atoms with van der Waals surface area (Å²) in [5.74, 6) is -0.655. The second-order valence-electron chi connectivity index (χ2n) is 6.99. The summed E-state index contributed by atoms with van der Waals surface area (Å²) in [6.07, 6.45) is 1.88. The maximum Gasteiger partial charge on any atom is 0.230 e. The minimum absolute atomic E-state index is 0.0269. The summed E-state index contributed by atoms with van der Waals surface area (Å²) in [5.41, 5.74) is 8.21. The third kappa shape index (κ3) is 4.15. The number of hydrazine groups is 1. The second kappa shape index (κ2) is 7.46. The van der Waals surface area contributed by atoms with E-state index in [9.17, 15) is 14.0 Å². The summed E-state index contributed by atoms with van der Waals surface area (Å²) in [5, 5.41) is 5.79. The lowest BCUT2D eigenvalue weighted by Gasteiger charge is -2.18. The normalized spacial score (nSPS) is 21.7. The molecule has 4 rings (SSSR count). The van der Waals surface area contributed by atoms with E-state index in [1.54, 1.807) is 36.4 Å². The van der Waals surface area contributed by atoms with Crippen LogP contribution < -0.4 is 21.5 Å². The molecule has 7 heteroatoms. The van der Waals surface area contributed by atoms with Crippen LogP contribution in [0.1, 0.15) is 24.4 Å². The highest BCUT2D eigenvalue weighted by Crippen LogP contribution is 2.31. The van der Waals surface area contributed by atoms with Gasteiger partial charge in [0.2, 0.25) is 11.8 Å². The summed E-state index contributed by atoms with van der Waals surface area (Å²) >= 11 is 0. The van der Waals surface area contributed by atoms with Gasteiger partial charge in [-0.2, -0.15) is 0 Å². The van der Waals surface area contributed by atoms with Crippen molar-refractivity contribution in [2.75, 3.05) is 17.2 Å². The number of halogens is 1. The Balaban J connectivity index is 1.43. The molecule has 2 atom stereocenters. The lowest BCUT2D eigenvalue weighted by molar-refractivity contribution is -0.120. The first-order chi connectivity index (χ1) is 13.1. The van der Waals surface area contributed by atoms with Crippen molar-refractivity contribution in [3.05, 3.63) is 59.9 Å². The predicted molar refractivity (Wildman–Crippen MR) is 100 cm³/mol. The van der Waals surface area contributed by atoms with Crippen LogP contribution in [-0.4, -0.2) is 18.4 Å². The maximum absolute atomic E-state index is 13.2. The molecule has 0 aromatic heterocycles. The molecule has 0 radical (unpaired) electrons. The van der Waals surface area contributed by atoms with Crippen LogP contribution in [0, 0.1) is 17.7 Å². The average molecular weight is 368 g/mol. The first-order valence-corrected chi connectivity index (χ1v) is 9.06. The Bertz CT molecular complexity index is 851. The van der Waals surface area contributed by atoms with Gasteiger partial charge in [0.05, 0.1) is 12.0 Å². The van der Waals surface area contributed by atoms with Gasteiger partial charge in [-0.15, -0.1) is 0 Å². The summed E-state index contributed by atoms with van der Waals surface area (Å²) < 4.78 is 13.2. The predicted octanol–water partition coefficient (Wildman–Crippen LogP) is 2.58. The second-order valence-corrected chi connectivity index (χ2v) is 6.99. The molecule has 2 aromatic carbocycles. The van der Waals surface area contributed by atoms with Crippen molar-refractivity contribution in [3.63, 3.8) is 0 Å². The van der Waals surface area contributed by atoms with E-state index in [-0.39, 0.29) is 35.5 Å². The van der Waals surface area contributed by atoms with Crippen LogP contribution in [0.4, 0.5) is 15.8 Å². The first-order valence-electron chi connectivity index (χ1n) is 9.06. The van der Waals surface area contributed by atoms with Crippen LogP contribution in [0.15, 0.2) is 48.5 Å². The van der Waals surface area contributed by atoms with E-state index in [0.29, 0.717) is 17.9 Å². The van der Waals surface area contributed by atoms with Gasteiger partial charge >= 0.3 is 0 Å². The van der Waals surface area contributed by atoms with Crippen molar-refractivity contribution in [1.29, 1.82) is 0 Å². The van der Waals surface area contributed by atoms with E-state index in [4.69, 9.17) is 0 Å². The van der Waals surface area contributed by atoms with Crippen LogP contribution in [-0.2, 0) is 9.59 Å². The van der Waals surface area contributed by atoms with Crippen molar-refractivity contribution >= 4 is 23.2 Å². The van der Waals surface area contributed by atoms with Gasteiger partial charge in [-0.3, -0.25) is 15.0 Å². The summed E-state index contributed by atoms with van der Waals surface area (Å²) in [4.78, 5) is 24.7. The zero-order valence-electron chi connectivity index (χ0n) is 14.7. The number of carbonyl (C=O) groups excluding carboxylic acids is 2. The number of hydrogen-bond donors (Lipinski definition) is 4. The van der Waals surface area contributed by atoms with E-state index < -0.39 is 0 Å². The van der Waals surface area contributed by atoms with Gasteiger partial charge in [-0.05, 0) is 48.7 Å². The Morgan fingerprint density at radius 1 is 0.963 bits per heavy atom. The fraction of sp³-hybridized carbons (Fsp3) is 0.300. The molecule has 140 valence electrons. The number of anilines is 2. The molecule has 1 saturated carbocycles. The first kappa shape index (κ1) is 17.6. The van der Waals surface area contributed by atoms with E-state index in [1.165, 1.54) is 12.1 Å². The zero-order valence-corrected chi connectivity index (χ0v) is 14.7. The highest BCUT2D eigenvalue weighted by atomic mass is 19.1. The highest BCUT2D eigenvalue weighted by molar-refractivity contribution is 5.96. The van der Waals surface area contributed by atoms with Gasteiger partial charge in [0, 0.05) is 23.8 Å². The quantitative estimate of drug-likeness (QED) is 0.654. The fourth-order valence-electron chi connectivity index (χ4n) is 3.23. The Hall–Kier alpha value is -2.77. The van der Waals surface area contributed by atoms with Crippen molar-refractivity contribution in [1.82, 2.24) is 10.9 Å². The monoisotopic (exact) mass is 368 g/mol. The van der Waals surface area contributed by atoms with Crippen molar-refractivity contribution < 1.29 is 14.0 Å². The number of carbonyl (C=O) groups is 2. The molecule has 2 aliphatic rings. The van der Waals surface area contributed by atoms with Gasteiger partial charge in [0.1, 0.15) is 5.82 Å². The minimum atomic E-state index is -0.347. The average Bonchev–Trinajstić information content (AvgIpc) is 3.40. The molecule has 1 aliphatic heterocycles. The highest BCUT2D eigenvalue weighted by Gasteiger charge is 2.34. The Morgan fingerprint density at radius 3 is 2.30 bits per heavy atom. The van der Waals surface area contributed by atoms with Crippen LogP contribution in [0.2, 0.25) is 0 Å². The van der Waals surface area contributed by atoms with E-state index in [2.05, 4.69) is 21.5 Å². The standard InChI is InChI=1S/C20H21FN4O2/c21-14-8-6-12(7-9-14)18-17(11-22-25-18)20(27)24-16-3-1-2-15(10-16)23-19(26)13-4-5-13/h1-3,6-10,13,17-18,22,25H,4-5,11H2,(H,23,26)(H,24,27). The Labute approximate surface area is 156 Å². The van der Waals surface area contributed by atoms with Crippen LogP contribution in [0.25, 0.3) is 0 Å². The van der Waals surface area contributed by atoms with Crippen molar-refractivity contribution in [2.45, 2.75) is 18.9 Å². The van der Waals surface area contributed by atoms with Crippen molar-refractivity contribution in [3.8, 4) is 0 Å². The molecule has 27 heavy (non-hydrogen) atoms. The van der Waals surface area contributed by atoms with E-state index in [1.807, 2.05) is 0 Å². The SMILES string of the molecule is O=C(Nc1cccc(NC(=O)C2CNNC2c2ccc(F)cc2)c1)C1CC1. The molecule has 0 spiro atoms. The summed E-state index contributed by atoms with van der Waals surface area (Å²) in [6.45, 7) is 0.464. The van der Waals surface area contributed by atoms with Crippen LogP contribution in [0.3, 0.4) is 0 Å². The maximum atomic E-state index is 13.2. The summed E-state index contributed by atoms with van der Waals surface area (Å²) in [6, 6.07) is 13.0. The molecule has 1 heterocycles. The van der Waals surface area contributed by atoms with E-state index >= 15 is 0 Å². The molecular weight excluding hydrogens is 347 g/mol. The molecule has 2 fully saturated rings. The molecule has 2 aromatic rings. The van der Waals surface area contributed by atoms with Gasteiger partial charge in [0.15, 0.2) is 0 Å². The van der Waals surface area contributed by atoms with E-state index in [0.717, 1.165) is 18.4 Å². The topological polar surface area (TPSA) is 82.3 Å². The van der Waals surface area contributed by atoms with Gasteiger partial charge in [-0.1, -0.05) is 18.2 Å². The molecule has 4 N–H and O–H groups in total. The fourth-order valence-corrected chi connectivity index (χ4v) is 3.23. The lowest BCUT2D eigenvalue weighted by atomic mass is 9.94. The minimum Gasteiger partial charge on any atom is -0.326 e. The van der Waals surface area contributed by atoms with Gasteiger partial charge < -0.3 is 10.6 Å². The molecule has 0 bridgehead atoms. The number of benzene rings is 2.